The van der Waals surface area contributed by atoms with Gasteiger partial charge in [0, 0.05) is 43.3 Å². The maximum Gasteiger partial charge on any atom is 0.244 e. The Morgan fingerprint density at radius 2 is 1.86 bits per heavy atom. The van der Waals surface area contributed by atoms with Crippen molar-refractivity contribution in [3.05, 3.63) is 42.9 Å². The minimum atomic E-state index is 0.799. The Bertz CT molecular complexity index is 594. The zero-order chi connectivity index (χ0) is 14.7. The van der Waals surface area contributed by atoms with E-state index in [1.165, 1.54) is 5.69 Å². The summed E-state index contributed by atoms with van der Waals surface area (Å²) in [4.78, 5) is 6.48. The second-order valence-corrected chi connectivity index (χ2v) is 5.30. The lowest BCUT2D eigenvalue weighted by Gasteiger charge is -2.28. The predicted octanol–water partition coefficient (Wildman–Crippen LogP) is 1.07. The Hall–Kier alpha value is -2.14. The van der Waals surface area contributed by atoms with E-state index in [0.29, 0.717) is 0 Å². The molecular weight excluding hydrogens is 264 g/mol. The van der Waals surface area contributed by atoms with E-state index in [9.17, 15) is 0 Å². The Kier molecular flexibility index (Phi) is 4.01. The summed E-state index contributed by atoms with van der Waals surface area (Å²) >= 11 is 0. The fourth-order valence-corrected chi connectivity index (χ4v) is 2.59. The molecule has 0 spiro atoms. The zero-order valence-electron chi connectivity index (χ0n) is 12.6. The molecule has 0 amide bonds. The van der Waals surface area contributed by atoms with Gasteiger partial charge >= 0.3 is 0 Å². The summed E-state index contributed by atoms with van der Waals surface area (Å²) in [7, 11) is 4.08. The minimum absolute atomic E-state index is 0.799. The van der Waals surface area contributed by atoms with E-state index in [-0.39, 0.29) is 0 Å². The SMILES string of the molecule is CN(C)[n+]1ccc(N2CCOCC2)cc1-c1ccncc1. The lowest BCUT2D eigenvalue weighted by atomic mass is 10.1. The van der Waals surface area contributed by atoms with Crippen molar-refractivity contribution >= 4 is 5.69 Å². The van der Waals surface area contributed by atoms with Crippen LogP contribution in [0.25, 0.3) is 11.3 Å². The van der Waals surface area contributed by atoms with Gasteiger partial charge in [-0.1, -0.05) is 4.68 Å². The molecule has 1 aliphatic heterocycles. The van der Waals surface area contributed by atoms with Gasteiger partial charge in [-0.15, -0.1) is 0 Å². The van der Waals surface area contributed by atoms with E-state index < -0.39 is 0 Å². The number of anilines is 1. The van der Waals surface area contributed by atoms with E-state index in [2.05, 4.69) is 37.9 Å². The lowest BCUT2D eigenvalue weighted by molar-refractivity contribution is -0.676. The van der Waals surface area contributed by atoms with Crippen LogP contribution in [0, 0.1) is 0 Å². The Balaban J connectivity index is 2.02. The third kappa shape index (κ3) is 2.97. The minimum Gasteiger partial charge on any atom is -0.378 e. The molecule has 0 aliphatic carbocycles. The van der Waals surface area contributed by atoms with Crippen molar-refractivity contribution in [2.45, 2.75) is 0 Å². The molecule has 21 heavy (non-hydrogen) atoms. The van der Waals surface area contributed by atoms with E-state index >= 15 is 0 Å². The van der Waals surface area contributed by atoms with Gasteiger partial charge in [-0.25, -0.2) is 0 Å². The van der Waals surface area contributed by atoms with Gasteiger partial charge in [0.15, 0.2) is 0 Å². The number of pyridine rings is 2. The van der Waals surface area contributed by atoms with Crippen molar-refractivity contribution in [2.75, 3.05) is 50.3 Å². The first kappa shape index (κ1) is 13.8. The van der Waals surface area contributed by atoms with Crippen LogP contribution in [0.4, 0.5) is 5.69 Å². The van der Waals surface area contributed by atoms with Crippen LogP contribution >= 0.6 is 0 Å². The van der Waals surface area contributed by atoms with Crippen LogP contribution in [0.15, 0.2) is 42.9 Å². The van der Waals surface area contributed by atoms with Crippen molar-refractivity contribution in [3.8, 4) is 11.3 Å². The quantitative estimate of drug-likeness (QED) is 0.790. The van der Waals surface area contributed by atoms with Crippen LogP contribution in [0.3, 0.4) is 0 Å². The number of hydrogen-bond acceptors (Lipinski definition) is 4. The largest absolute Gasteiger partial charge is 0.378 e. The number of aromatic nitrogens is 2. The highest BCUT2D eigenvalue weighted by atomic mass is 16.5. The van der Waals surface area contributed by atoms with Gasteiger partial charge in [0.25, 0.3) is 0 Å². The smallest absolute Gasteiger partial charge is 0.244 e. The molecular formula is C16H21N4O+. The fourth-order valence-electron chi connectivity index (χ4n) is 2.59. The molecule has 2 aromatic rings. The molecule has 0 atom stereocenters. The maximum atomic E-state index is 5.43. The van der Waals surface area contributed by atoms with Gasteiger partial charge in [-0.2, -0.15) is 5.01 Å². The van der Waals surface area contributed by atoms with Crippen molar-refractivity contribution < 1.29 is 9.41 Å². The first-order valence-electron chi connectivity index (χ1n) is 7.22. The van der Waals surface area contributed by atoms with Gasteiger partial charge < -0.3 is 9.64 Å². The number of ether oxygens (including phenoxy) is 1. The molecule has 2 aromatic heterocycles. The van der Waals surface area contributed by atoms with Crippen molar-refractivity contribution in [1.29, 1.82) is 0 Å². The molecule has 0 N–H and O–H groups in total. The maximum absolute atomic E-state index is 5.43. The summed E-state index contributed by atoms with van der Waals surface area (Å²) in [6.45, 7) is 3.49. The van der Waals surface area contributed by atoms with Crippen LogP contribution < -0.4 is 14.6 Å². The third-order valence-corrected chi connectivity index (χ3v) is 3.70. The van der Waals surface area contributed by atoms with Crippen molar-refractivity contribution in [2.24, 2.45) is 0 Å². The first-order chi connectivity index (χ1) is 10.3. The Morgan fingerprint density at radius 1 is 1.14 bits per heavy atom. The Labute approximate surface area is 125 Å². The van der Waals surface area contributed by atoms with Gasteiger partial charge in [-0.3, -0.25) is 4.98 Å². The van der Waals surface area contributed by atoms with Crippen LogP contribution in [0.2, 0.25) is 0 Å². The van der Waals surface area contributed by atoms with Gasteiger partial charge in [0.1, 0.15) is 0 Å². The molecule has 5 heteroatoms. The summed E-state index contributed by atoms with van der Waals surface area (Å²) < 4.78 is 7.57. The molecule has 1 fully saturated rings. The van der Waals surface area contributed by atoms with Crippen LogP contribution in [0.1, 0.15) is 0 Å². The summed E-state index contributed by atoms with van der Waals surface area (Å²) in [5.41, 5.74) is 3.56. The number of hydrogen-bond donors (Lipinski definition) is 0. The fraction of sp³-hybridized carbons (Fsp3) is 0.375. The average molecular weight is 285 g/mol. The molecule has 3 rings (SSSR count). The monoisotopic (exact) mass is 285 g/mol. The van der Waals surface area contributed by atoms with Gasteiger partial charge in [0.2, 0.25) is 11.9 Å². The summed E-state index contributed by atoms with van der Waals surface area (Å²) in [5.74, 6) is 0. The highest BCUT2D eigenvalue weighted by Gasteiger charge is 2.19. The number of rotatable bonds is 3. The number of morpholine rings is 1. The van der Waals surface area contributed by atoms with Crippen LogP contribution in [-0.4, -0.2) is 45.4 Å². The second kappa shape index (κ2) is 6.10. The molecule has 0 unspecified atom stereocenters. The van der Waals surface area contributed by atoms with E-state index in [4.69, 9.17) is 4.74 Å². The molecule has 5 nitrogen and oxygen atoms in total. The molecule has 0 saturated carbocycles. The highest BCUT2D eigenvalue weighted by molar-refractivity contribution is 5.61. The average Bonchev–Trinajstić information content (AvgIpc) is 2.56. The van der Waals surface area contributed by atoms with Crippen LogP contribution in [-0.2, 0) is 4.74 Å². The Morgan fingerprint density at radius 3 is 2.52 bits per heavy atom. The summed E-state index contributed by atoms with van der Waals surface area (Å²) in [6.07, 6.45) is 5.77. The molecule has 1 saturated heterocycles. The molecule has 110 valence electrons. The number of nitrogens with zero attached hydrogens (tertiary/aromatic N) is 4. The van der Waals surface area contributed by atoms with Gasteiger partial charge in [0.05, 0.1) is 32.9 Å². The third-order valence-electron chi connectivity index (χ3n) is 3.70. The summed E-state index contributed by atoms with van der Waals surface area (Å²) in [5, 5.41) is 2.07. The van der Waals surface area contributed by atoms with Crippen molar-refractivity contribution in [1.82, 2.24) is 4.98 Å². The van der Waals surface area contributed by atoms with Crippen molar-refractivity contribution in [3.63, 3.8) is 0 Å². The molecule has 1 aliphatic rings. The van der Waals surface area contributed by atoms with Gasteiger partial charge in [-0.05, 0) is 12.1 Å². The normalized spacial score (nSPS) is 15.0. The van der Waals surface area contributed by atoms with Crippen LogP contribution in [0.5, 0.6) is 0 Å². The highest BCUT2D eigenvalue weighted by Crippen LogP contribution is 2.21. The van der Waals surface area contributed by atoms with E-state index in [0.717, 1.165) is 37.6 Å². The molecule has 3 heterocycles. The zero-order valence-corrected chi connectivity index (χ0v) is 12.6. The summed E-state index contributed by atoms with van der Waals surface area (Å²) in [6, 6.07) is 8.48. The standard InChI is InChI=1S/C16H21N4O/c1-18(2)20-8-5-15(19-9-11-21-12-10-19)13-16(20)14-3-6-17-7-4-14/h3-8,13H,9-12H2,1-2H3/q+1. The van der Waals surface area contributed by atoms with E-state index in [1.54, 1.807) is 0 Å². The molecule has 0 bridgehead atoms. The topological polar surface area (TPSA) is 32.5 Å². The molecule has 0 aromatic carbocycles. The first-order valence-corrected chi connectivity index (χ1v) is 7.22. The lowest BCUT2D eigenvalue weighted by Crippen LogP contribution is -2.54. The van der Waals surface area contributed by atoms with E-state index in [1.807, 2.05) is 38.6 Å². The molecule has 0 radical (unpaired) electrons. The predicted molar refractivity (Wildman–Crippen MR) is 83.0 cm³/mol. The second-order valence-electron chi connectivity index (χ2n) is 5.30.